The van der Waals surface area contributed by atoms with Gasteiger partial charge in [0.15, 0.2) is 0 Å². The maximum Gasteiger partial charge on any atom is 0.306 e. The molecule has 0 saturated carbocycles. The number of aromatic nitrogens is 2. The van der Waals surface area contributed by atoms with Gasteiger partial charge in [-0.2, -0.15) is 0 Å². The predicted octanol–water partition coefficient (Wildman–Crippen LogP) is 3.22. The standard InChI is InChI=1S/C16H18N2O2/c1-10-11(2)18-9-14(7-8-15(18)17-10)12-3-5-13(6-4-12)16(19)20/h3,7-9,13H,4-6H2,1-2H3,(H,19,20). The quantitative estimate of drug-likeness (QED) is 0.911. The highest BCUT2D eigenvalue weighted by molar-refractivity contribution is 5.74. The van der Waals surface area contributed by atoms with Crippen molar-refractivity contribution in [1.29, 1.82) is 0 Å². The molecule has 20 heavy (non-hydrogen) atoms. The SMILES string of the molecule is Cc1nc2ccc(C3=CCC(C(=O)O)CC3)cn2c1C. The van der Waals surface area contributed by atoms with Gasteiger partial charge in [-0.15, -0.1) is 0 Å². The zero-order chi connectivity index (χ0) is 14.3. The predicted molar refractivity (Wildman–Crippen MR) is 77.6 cm³/mol. The van der Waals surface area contributed by atoms with Crippen LogP contribution in [0.4, 0.5) is 0 Å². The first-order valence-corrected chi connectivity index (χ1v) is 6.94. The van der Waals surface area contributed by atoms with Crippen LogP contribution in [0.1, 0.15) is 36.2 Å². The lowest BCUT2D eigenvalue weighted by atomic mass is 9.87. The van der Waals surface area contributed by atoms with Gasteiger partial charge in [0.2, 0.25) is 0 Å². The number of imidazole rings is 1. The Kier molecular flexibility index (Phi) is 3.08. The van der Waals surface area contributed by atoms with E-state index in [2.05, 4.69) is 34.6 Å². The normalized spacial score (nSPS) is 19.1. The third-order valence-electron chi connectivity index (χ3n) is 4.23. The van der Waals surface area contributed by atoms with Gasteiger partial charge in [0.1, 0.15) is 5.65 Å². The molecule has 2 aromatic heterocycles. The second-order valence-corrected chi connectivity index (χ2v) is 5.47. The van der Waals surface area contributed by atoms with Gasteiger partial charge in [0.05, 0.1) is 11.6 Å². The van der Waals surface area contributed by atoms with Crippen LogP contribution < -0.4 is 0 Å². The third-order valence-corrected chi connectivity index (χ3v) is 4.23. The molecule has 0 fully saturated rings. The van der Waals surface area contributed by atoms with Crippen molar-refractivity contribution in [3.63, 3.8) is 0 Å². The molecule has 4 nitrogen and oxygen atoms in total. The van der Waals surface area contributed by atoms with E-state index < -0.39 is 5.97 Å². The molecule has 0 amide bonds. The monoisotopic (exact) mass is 270 g/mol. The minimum Gasteiger partial charge on any atom is -0.481 e. The summed E-state index contributed by atoms with van der Waals surface area (Å²) in [7, 11) is 0. The summed E-state index contributed by atoms with van der Waals surface area (Å²) in [5.74, 6) is -0.906. The lowest BCUT2D eigenvalue weighted by molar-refractivity contribution is -0.141. The number of allylic oxidation sites excluding steroid dienone is 2. The van der Waals surface area contributed by atoms with E-state index >= 15 is 0 Å². The molecular formula is C16H18N2O2. The van der Waals surface area contributed by atoms with Gasteiger partial charge in [0.25, 0.3) is 0 Å². The molecule has 0 aromatic carbocycles. The Bertz CT molecular complexity index is 713. The van der Waals surface area contributed by atoms with Crippen LogP contribution in [0.2, 0.25) is 0 Å². The van der Waals surface area contributed by atoms with Crippen LogP contribution in [0, 0.1) is 19.8 Å². The van der Waals surface area contributed by atoms with E-state index in [1.165, 1.54) is 11.1 Å². The van der Waals surface area contributed by atoms with Crippen molar-refractivity contribution in [2.75, 3.05) is 0 Å². The van der Waals surface area contributed by atoms with Gasteiger partial charge in [-0.3, -0.25) is 4.79 Å². The number of carbonyl (C=O) groups is 1. The maximum absolute atomic E-state index is 11.0. The number of hydrogen-bond acceptors (Lipinski definition) is 2. The van der Waals surface area contributed by atoms with Gasteiger partial charge < -0.3 is 9.51 Å². The highest BCUT2D eigenvalue weighted by atomic mass is 16.4. The average Bonchev–Trinajstić information content (AvgIpc) is 2.74. The number of nitrogens with zero attached hydrogens (tertiary/aromatic N) is 2. The van der Waals surface area contributed by atoms with Gasteiger partial charge in [-0.25, -0.2) is 4.98 Å². The first-order valence-electron chi connectivity index (χ1n) is 6.94. The minimum atomic E-state index is -0.683. The molecule has 1 N–H and O–H groups in total. The molecule has 104 valence electrons. The number of rotatable bonds is 2. The topological polar surface area (TPSA) is 54.6 Å². The van der Waals surface area contributed by atoms with Crippen molar-refractivity contribution >= 4 is 17.2 Å². The lowest BCUT2D eigenvalue weighted by Gasteiger charge is -2.18. The second-order valence-electron chi connectivity index (χ2n) is 5.47. The van der Waals surface area contributed by atoms with E-state index in [1.807, 2.05) is 13.0 Å². The summed E-state index contributed by atoms with van der Waals surface area (Å²) in [6.45, 7) is 4.08. The van der Waals surface area contributed by atoms with E-state index in [1.54, 1.807) is 0 Å². The average molecular weight is 270 g/mol. The Labute approximate surface area is 117 Å². The number of carboxylic acids is 1. The van der Waals surface area contributed by atoms with Crippen molar-refractivity contribution in [3.05, 3.63) is 41.4 Å². The summed E-state index contributed by atoms with van der Waals surface area (Å²) in [6, 6.07) is 4.10. The Balaban J connectivity index is 1.95. The fourth-order valence-electron chi connectivity index (χ4n) is 2.79. The molecule has 1 aliphatic carbocycles. The maximum atomic E-state index is 11.0. The summed E-state index contributed by atoms with van der Waals surface area (Å²) < 4.78 is 2.11. The highest BCUT2D eigenvalue weighted by Gasteiger charge is 2.21. The van der Waals surface area contributed by atoms with E-state index in [0.717, 1.165) is 29.9 Å². The molecular weight excluding hydrogens is 252 g/mol. The van der Waals surface area contributed by atoms with Crippen LogP contribution in [-0.2, 0) is 4.79 Å². The Morgan fingerprint density at radius 2 is 2.20 bits per heavy atom. The second kappa shape index (κ2) is 4.78. The van der Waals surface area contributed by atoms with Crippen molar-refractivity contribution in [2.24, 2.45) is 5.92 Å². The Morgan fingerprint density at radius 3 is 2.85 bits per heavy atom. The fraction of sp³-hybridized carbons (Fsp3) is 0.375. The van der Waals surface area contributed by atoms with Crippen molar-refractivity contribution in [3.8, 4) is 0 Å². The molecule has 1 atom stereocenters. The number of pyridine rings is 1. The number of aryl methyl sites for hydroxylation is 2. The molecule has 4 heteroatoms. The van der Waals surface area contributed by atoms with Gasteiger partial charge in [0, 0.05) is 11.9 Å². The fourth-order valence-corrected chi connectivity index (χ4v) is 2.79. The van der Waals surface area contributed by atoms with Crippen LogP contribution in [0.3, 0.4) is 0 Å². The van der Waals surface area contributed by atoms with Crippen molar-refractivity contribution in [1.82, 2.24) is 9.38 Å². The number of hydrogen-bond donors (Lipinski definition) is 1. The number of aliphatic carboxylic acids is 1. The molecule has 0 spiro atoms. The number of carboxylic acid groups (broad SMARTS) is 1. The van der Waals surface area contributed by atoms with Gasteiger partial charge in [-0.05, 0) is 56.4 Å². The Hall–Kier alpha value is -2.10. The molecule has 3 rings (SSSR count). The van der Waals surface area contributed by atoms with Crippen LogP contribution in [0.5, 0.6) is 0 Å². The van der Waals surface area contributed by atoms with Gasteiger partial charge >= 0.3 is 5.97 Å². The molecule has 0 aliphatic heterocycles. The molecule has 0 bridgehead atoms. The third kappa shape index (κ3) is 2.11. The zero-order valence-corrected chi connectivity index (χ0v) is 11.8. The first-order chi connectivity index (χ1) is 9.56. The highest BCUT2D eigenvalue weighted by Crippen LogP contribution is 2.30. The summed E-state index contributed by atoms with van der Waals surface area (Å²) in [5.41, 5.74) is 5.58. The smallest absolute Gasteiger partial charge is 0.306 e. The summed E-state index contributed by atoms with van der Waals surface area (Å²) >= 11 is 0. The first kappa shape index (κ1) is 12.9. The summed E-state index contributed by atoms with van der Waals surface area (Å²) in [6.07, 6.45) is 6.36. The zero-order valence-electron chi connectivity index (χ0n) is 11.8. The van der Waals surface area contributed by atoms with Crippen LogP contribution >= 0.6 is 0 Å². The van der Waals surface area contributed by atoms with Gasteiger partial charge in [-0.1, -0.05) is 6.08 Å². The minimum absolute atomic E-state index is 0.222. The Morgan fingerprint density at radius 1 is 1.40 bits per heavy atom. The van der Waals surface area contributed by atoms with Crippen LogP contribution in [0.15, 0.2) is 24.4 Å². The largest absolute Gasteiger partial charge is 0.481 e. The summed E-state index contributed by atoms with van der Waals surface area (Å²) in [5, 5.41) is 9.03. The molecule has 2 heterocycles. The van der Waals surface area contributed by atoms with E-state index in [4.69, 9.17) is 5.11 Å². The molecule has 2 aromatic rings. The van der Waals surface area contributed by atoms with Crippen LogP contribution in [0.25, 0.3) is 11.2 Å². The van der Waals surface area contributed by atoms with Crippen molar-refractivity contribution < 1.29 is 9.90 Å². The van der Waals surface area contributed by atoms with E-state index in [-0.39, 0.29) is 5.92 Å². The molecule has 0 radical (unpaired) electrons. The molecule has 0 saturated heterocycles. The lowest BCUT2D eigenvalue weighted by Crippen LogP contribution is -2.15. The number of fused-ring (bicyclic) bond motifs is 1. The molecule has 1 unspecified atom stereocenters. The van der Waals surface area contributed by atoms with E-state index in [0.29, 0.717) is 6.42 Å². The van der Waals surface area contributed by atoms with E-state index in [9.17, 15) is 4.79 Å². The molecule has 1 aliphatic rings. The van der Waals surface area contributed by atoms with Crippen LogP contribution in [-0.4, -0.2) is 20.5 Å². The summed E-state index contributed by atoms with van der Waals surface area (Å²) in [4.78, 5) is 15.5. The van der Waals surface area contributed by atoms with Crippen molar-refractivity contribution in [2.45, 2.75) is 33.1 Å².